The molecular formula is C13H17FN6O. The first-order valence-corrected chi connectivity index (χ1v) is 6.51. The molecule has 0 saturated carbocycles. The van der Waals surface area contributed by atoms with Crippen molar-refractivity contribution in [3.63, 3.8) is 0 Å². The van der Waals surface area contributed by atoms with Gasteiger partial charge in [0.1, 0.15) is 5.82 Å². The number of halogens is 1. The lowest BCUT2D eigenvalue weighted by molar-refractivity contribution is 0.318. The number of benzene rings is 1. The Morgan fingerprint density at radius 2 is 2.29 bits per heavy atom. The van der Waals surface area contributed by atoms with Crippen LogP contribution in [0.5, 0.6) is 0 Å². The summed E-state index contributed by atoms with van der Waals surface area (Å²) in [6.45, 7) is 2.03. The van der Waals surface area contributed by atoms with E-state index in [2.05, 4.69) is 20.8 Å². The van der Waals surface area contributed by atoms with E-state index in [-0.39, 0.29) is 5.84 Å². The highest BCUT2D eigenvalue weighted by molar-refractivity contribution is 5.97. The van der Waals surface area contributed by atoms with Gasteiger partial charge < -0.3 is 16.3 Å². The molecule has 112 valence electrons. The lowest BCUT2D eigenvalue weighted by atomic mass is 10.1. The fourth-order valence-electron chi connectivity index (χ4n) is 1.91. The lowest BCUT2D eigenvalue weighted by Crippen LogP contribution is -2.18. The monoisotopic (exact) mass is 292 g/mol. The highest BCUT2D eigenvalue weighted by Gasteiger charge is 2.04. The summed E-state index contributed by atoms with van der Waals surface area (Å²) < 4.78 is 15.2. The summed E-state index contributed by atoms with van der Waals surface area (Å²) in [6, 6.07) is 4.32. The van der Waals surface area contributed by atoms with Crippen molar-refractivity contribution >= 4 is 5.84 Å². The van der Waals surface area contributed by atoms with Crippen LogP contribution in [0.15, 0.2) is 35.7 Å². The third-order valence-corrected chi connectivity index (χ3v) is 2.90. The fraction of sp³-hybridized carbons (Fsp3) is 0.308. The minimum absolute atomic E-state index is 0.109. The first kappa shape index (κ1) is 14.9. The van der Waals surface area contributed by atoms with Crippen LogP contribution in [-0.2, 0) is 13.1 Å². The highest BCUT2D eigenvalue weighted by atomic mass is 19.1. The van der Waals surface area contributed by atoms with Crippen LogP contribution in [0.25, 0.3) is 0 Å². The molecule has 8 heteroatoms. The Bertz CT molecular complexity index is 599. The smallest absolute Gasteiger partial charge is 0.170 e. The molecule has 2 aromatic rings. The van der Waals surface area contributed by atoms with Crippen LogP contribution in [0, 0.1) is 5.82 Å². The van der Waals surface area contributed by atoms with Gasteiger partial charge in [-0.15, -0.1) is 5.10 Å². The number of nitrogens with one attached hydrogen (secondary N) is 1. The predicted octanol–water partition coefficient (Wildman–Crippen LogP) is 0.692. The molecule has 0 aliphatic rings. The molecule has 0 aliphatic heterocycles. The van der Waals surface area contributed by atoms with Crippen molar-refractivity contribution in [2.75, 3.05) is 6.54 Å². The summed E-state index contributed by atoms with van der Waals surface area (Å²) >= 11 is 0. The Balaban J connectivity index is 1.81. The molecule has 0 amide bonds. The van der Waals surface area contributed by atoms with Crippen molar-refractivity contribution in [2.45, 2.75) is 19.5 Å². The van der Waals surface area contributed by atoms with Gasteiger partial charge >= 0.3 is 0 Å². The first-order valence-electron chi connectivity index (χ1n) is 6.51. The van der Waals surface area contributed by atoms with Gasteiger partial charge in [0.05, 0.1) is 6.20 Å². The Morgan fingerprint density at radius 1 is 1.43 bits per heavy atom. The number of aromatic nitrogens is 3. The summed E-state index contributed by atoms with van der Waals surface area (Å²) in [7, 11) is 0. The quantitative estimate of drug-likeness (QED) is 0.229. The van der Waals surface area contributed by atoms with Crippen LogP contribution >= 0.6 is 0 Å². The van der Waals surface area contributed by atoms with Gasteiger partial charge in [-0.2, -0.15) is 0 Å². The van der Waals surface area contributed by atoms with Gasteiger partial charge in [0.2, 0.25) is 0 Å². The topological polar surface area (TPSA) is 101 Å². The standard InChI is InChI=1S/C13H17FN6O/c14-12-7-10(6-11(8-12)13(15)18-21)9-16-2-1-4-20-5-3-17-19-20/h3,5-8,16,21H,1-2,4,9H2,(H2,15,18). The molecular weight excluding hydrogens is 275 g/mol. The van der Waals surface area contributed by atoms with E-state index in [1.807, 2.05) is 0 Å². The Morgan fingerprint density at radius 3 is 3.00 bits per heavy atom. The number of oxime groups is 1. The average Bonchev–Trinajstić information content (AvgIpc) is 2.98. The summed E-state index contributed by atoms with van der Waals surface area (Å²) in [5.74, 6) is -0.527. The molecule has 1 heterocycles. The number of amidine groups is 1. The maximum absolute atomic E-state index is 13.4. The summed E-state index contributed by atoms with van der Waals surface area (Å²) in [5, 5.41) is 22.3. The molecule has 0 bridgehead atoms. The zero-order valence-corrected chi connectivity index (χ0v) is 11.4. The Kier molecular flexibility index (Phi) is 5.22. The maximum Gasteiger partial charge on any atom is 0.170 e. The van der Waals surface area contributed by atoms with Gasteiger partial charge in [-0.05, 0) is 36.7 Å². The lowest BCUT2D eigenvalue weighted by Gasteiger charge is -2.07. The SMILES string of the molecule is N/C(=N/O)c1cc(F)cc(CNCCCn2ccnn2)c1. The van der Waals surface area contributed by atoms with Crippen LogP contribution in [0.2, 0.25) is 0 Å². The van der Waals surface area contributed by atoms with Crippen LogP contribution in [0.1, 0.15) is 17.5 Å². The van der Waals surface area contributed by atoms with E-state index in [4.69, 9.17) is 10.9 Å². The second kappa shape index (κ2) is 7.34. The molecule has 0 unspecified atom stereocenters. The summed E-state index contributed by atoms with van der Waals surface area (Å²) in [6.07, 6.45) is 4.32. The molecule has 1 aromatic carbocycles. The molecule has 0 fully saturated rings. The number of hydrogen-bond acceptors (Lipinski definition) is 5. The minimum atomic E-state index is -0.418. The molecule has 0 saturated heterocycles. The second-order valence-corrected chi connectivity index (χ2v) is 4.53. The zero-order chi connectivity index (χ0) is 15.1. The molecule has 0 aliphatic carbocycles. The predicted molar refractivity (Wildman–Crippen MR) is 75.3 cm³/mol. The minimum Gasteiger partial charge on any atom is -0.409 e. The van der Waals surface area contributed by atoms with E-state index in [9.17, 15) is 4.39 Å². The van der Waals surface area contributed by atoms with Crippen LogP contribution in [0.3, 0.4) is 0 Å². The van der Waals surface area contributed by atoms with E-state index in [1.54, 1.807) is 23.1 Å². The molecule has 7 nitrogen and oxygen atoms in total. The van der Waals surface area contributed by atoms with E-state index in [1.165, 1.54) is 12.1 Å². The highest BCUT2D eigenvalue weighted by Crippen LogP contribution is 2.09. The van der Waals surface area contributed by atoms with Gasteiger partial charge in [0.25, 0.3) is 0 Å². The summed E-state index contributed by atoms with van der Waals surface area (Å²) in [5.41, 5.74) is 6.55. The van der Waals surface area contributed by atoms with Crippen molar-refractivity contribution in [3.8, 4) is 0 Å². The normalized spacial score (nSPS) is 11.8. The van der Waals surface area contributed by atoms with Crippen LogP contribution in [0.4, 0.5) is 4.39 Å². The van der Waals surface area contributed by atoms with Crippen molar-refractivity contribution in [1.29, 1.82) is 0 Å². The van der Waals surface area contributed by atoms with E-state index in [0.717, 1.165) is 25.1 Å². The number of nitrogens with zero attached hydrogens (tertiary/aromatic N) is 4. The van der Waals surface area contributed by atoms with Gasteiger partial charge in [-0.1, -0.05) is 10.4 Å². The van der Waals surface area contributed by atoms with Gasteiger partial charge in [-0.3, -0.25) is 4.68 Å². The number of hydrogen-bond donors (Lipinski definition) is 3. The largest absolute Gasteiger partial charge is 0.409 e. The molecule has 0 atom stereocenters. The number of rotatable bonds is 7. The molecule has 4 N–H and O–H groups in total. The Hall–Kier alpha value is -2.48. The number of aryl methyl sites for hydroxylation is 1. The van der Waals surface area contributed by atoms with Gasteiger partial charge in [0.15, 0.2) is 5.84 Å². The maximum atomic E-state index is 13.4. The van der Waals surface area contributed by atoms with Crippen molar-refractivity contribution in [2.24, 2.45) is 10.9 Å². The molecule has 1 aromatic heterocycles. The van der Waals surface area contributed by atoms with Crippen LogP contribution in [-0.4, -0.2) is 32.6 Å². The van der Waals surface area contributed by atoms with Crippen molar-refractivity contribution in [3.05, 3.63) is 47.5 Å². The third kappa shape index (κ3) is 4.53. The van der Waals surface area contributed by atoms with Gasteiger partial charge in [-0.25, -0.2) is 4.39 Å². The molecule has 2 rings (SSSR count). The fourth-order valence-corrected chi connectivity index (χ4v) is 1.91. The molecule has 0 radical (unpaired) electrons. The van der Waals surface area contributed by atoms with E-state index >= 15 is 0 Å². The molecule has 21 heavy (non-hydrogen) atoms. The summed E-state index contributed by atoms with van der Waals surface area (Å²) in [4.78, 5) is 0. The third-order valence-electron chi connectivity index (χ3n) is 2.90. The molecule has 0 spiro atoms. The van der Waals surface area contributed by atoms with Crippen molar-refractivity contribution < 1.29 is 9.60 Å². The zero-order valence-electron chi connectivity index (χ0n) is 11.4. The van der Waals surface area contributed by atoms with Crippen molar-refractivity contribution in [1.82, 2.24) is 20.3 Å². The van der Waals surface area contributed by atoms with E-state index in [0.29, 0.717) is 12.1 Å². The van der Waals surface area contributed by atoms with E-state index < -0.39 is 5.82 Å². The number of nitrogens with two attached hydrogens (primary N) is 1. The van der Waals surface area contributed by atoms with Gasteiger partial charge in [0, 0.05) is 24.8 Å². The first-order chi connectivity index (χ1) is 10.2. The average molecular weight is 292 g/mol. The second-order valence-electron chi connectivity index (χ2n) is 4.53. The Labute approximate surface area is 121 Å². The van der Waals surface area contributed by atoms with Crippen LogP contribution < -0.4 is 11.1 Å².